The van der Waals surface area contributed by atoms with Crippen molar-refractivity contribution in [2.75, 3.05) is 11.5 Å². The average molecular weight is 495 g/mol. The molecule has 0 radical (unpaired) electrons. The number of nitrogens with zero attached hydrogens (tertiary/aromatic N) is 1. The summed E-state index contributed by atoms with van der Waals surface area (Å²) in [5, 5.41) is 0. The highest BCUT2D eigenvalue weighted by atomic mass is 19.4. The third-order valence-electron chi connectivity index (χ3n) is 7.88. The van der Waals surface area contributed by atoms with Gasteiger partial charge in [-0.15, -0.1) is 0 Å². The first kappa shape index (κ1) is 21.5. The van der Waals surface area contributed by atoms with Crippen LogP contribution in [0, 0.1) is 0 Å². The van der Waals surface area contributed by atoms with E-state index in [9.17, 15) is 22.8 Å². The number of benzene rings is 2. The highest BCUT2D eigenvalue weighted by Crippen LogP contribution is 2.55. The van der Waals surface area contributed by atoms with Gasteiger partial charge in [-0.1, -0.05) is 18.2 Å². The van der Waals surface area contributed by atoms with E-state index < -0.39 is 23.0 Å². The smallest absolute Gasteiger partial charge is 0.449 e. The summed E-state index contributed by atoms with van der Waals surface area (Å²) in [6, 6.07) is 12.6. The lowest BCUT2D eigenvalue weighted by atomic mass is 9.72. The van der Waals surface area contributed by atoms with Crippen LogP contribution in [-0.4, -0.2) is 23.9 Å². The summed E-state index contributed by atoms with van der Waals surface area (Å²) in [7, 11) is 0. The van der Waals surface area contributed by atoms with Crippen molar-refractivity contribution in [3.8, 4) is 11.5 Å². The fourth-order valence-electron chi connectivity index (χ4n) is 5.94. The summed E-state index contributed by atoms with van der Waals surface area (Å²) in [6.07, 6.45) is -1.61. The van der Waals surface area contributed by atoms with Gasteiger partial charge in [0.05, 0.1) is 18.5 Å². The van der Waals surface area contributed by atoms with Crippen molar-refractivity contribution in [1.29, 1.82) is 0 Å². The molecule has 1 saturated carbocycles. The van der Waals surface area contributed by atoms with Gasteiger partial charge in [-0.25, -0.2) is 0 Å². The van der Waals surface area contributed by atoms with Crippen LogP contribution in [0.2, 0.25) is 0 Å². The van der Waals surface area contributed by atoms with Crippen LogP contribution in [0.3, 0.4) is 0 Å². The third kappa shape index (κ3) is 2.79. The van der Waals surface area contributed by atoms with Gasteiger partial charge in [0, 0.05) is 17.3 Å². The maximum atomic E-state index is 14.0. The molecule has 184 valence electrons. The molecule has 1 fully saturated rings. The largest absolute Gasteiger partial charge is 0.491 e. The molecule has 9 heteroatoms. The minimum atomic E-state index is -4.61. The molecule has 1 unspecified atom stereocenters. The fraction of sp³-hybridized carbons (Fsp3) is 0.333. The van der Waals surface area contributed by atoms with Crippen LogP contribution in [0.25, 0.3) is 0 Å². The molecule has 1 aromatic heterocycles. The van der Waals surface area contributed by atoms with E-state index in [0.29, 0.717) is 40.3 Å². The summed E-state index contributed by atoms with van der Waals surface area (Å²) < 4.78 is 56.4. The van der Waals surface area contributed by atoms with Crippen LogP contribution in [0.5, 0.6) is 11.5 Å². The lowest BCUT2D eigenvalue weighted by molar-refractivity contribution is -0.153. The first-order valence-corrected chi connectivity index (χ1v) is 11.8. The number of halogens is 3. The van der Waals surface area contributed by atoms with Crippen molar-refractivity contribution in [2.24, 2.45) is 0 Å². The van der Waals surface area contributed by atoms with E-state index in [2.05, 4.69) is 0 Å². The molecule has 4 heterocycles. The van der Waals surface area contributed by atoms with Crippen molar-refractivity contribution >= 4 is 17.4 Å². The number of Topliss-reactive ketones (excluding diaryl/α,β-unsaturated/α-hetero) is 1. The maximum absolute atomic E-state index is 14.0. The van der Waals surface area contributed by atoms with Crippen molar-refractivity contribution in [3.05, 3.63) is 76.7 Å². The minimum absolute atomic E-state index is 0.0153. The molecule has 2 spiro atoms. The molecule has 7 rings (SSSR count). The molecule has 1 aliphatic carbocycles. The van der Waals surface area contributed by atoms with Crippen LogP contribution >= 0.6 is 0 Å². The van der Waals surface area contributed by atoms with E-state index in [1.165, 1.54) is 11.0 Å². The van der Waals surface area contributed by atoms with E-state index >= 15 is 0 Å². The quantitative estimate of drug-likeness (QED) is 0.476. The monoisotopic (exact) mass is 495 g/mol. The topological polar surface area (TPSA) is 69.0 Å². The fourth-order valence-corrected chi connectivity index (χ4v) is 5.94. The number of ether oxygens (including phenoxy) is 2. The number of carbonyl (C=O) groups is 2. The number of hydrogen-bond acceptors (Lipinski definition) is 5. The van der Waals surface area contributed by atoms with Gasteiger partial charge in [0.2, 0.25) is 11.7 Å². The van der Waals surface area contributed by atoms with E-state index in [-0.39, 0.29) is 30.6 Å². The number of hydrogen-bond donors (Lipinski definition) is 0. The summed E-state index contributed by atoms with van der Waals surface area (Å²) >= 11 is 0. The number of carbonyl (C=O) groups excluding carboxylic acids is 2. The zero-order valence-corrected chi connectivity index (χ0v) is 19.0. The van der Waals surface area contributed by atoms with Crippen molar-refractivity contribution in [1.82, 2.24) is 0 Å². The van der Waals surface area contributed by atoms with Gasteiger partial charge in [-0.2, -0.15) is 13.2 Å². The molecule has 3 aromatic rings. The third-order valence-corrected chi connectivity index (χ3v) is 7.88. The Bertz CT molecular complexity index is 1450. The van der Waals surface area contributed by atoms with Crippen LogP contribution < -0.4 is 14.4 Å². The van der Waals surface area contributed by atoms with Crippen LogP contribution in [0.15, 0.2) is 52.9 Å². The second kappa shape index (κ2) is 6.93. The first-order valence-electron chi connectivity index (χ1n) is 11.8. The average Bonchev–Trinajstić information content (AvgIpc) is 3.50. The predicted octanol–water partition coefficient (Wildman–Crippen LogP) is 5.41. The number of furan rings is 1. The molecule has 0 saturated heterocycles. The first-order chi connectivity index (χ1) is 17.2. The highest BCUT2D eigenvalue weighted by molar-refractivity contribution is 6.12. The summed E-state index contributed by atoms with van der Waals surface area (Å²) in [5.41, 5.74) is 0.596. The lowest BCUT2D eigenvalue weighted by Crippen LogP contribution is -2.47. The molecule has 0 bridgehead atoms. The van der Waals surface area contributed by atoms with Crippen molar-refractivity contribution in [2.45, 2.75) is 49.4 Å². The molecular weight excluding hydrogens is 475 g/mol. The molecule has 4 aliphatic rings. The molecule has 3 aliphatic heterocycles. The zero-order chi connectivity index (χ0) is 24.9. The standard InChI is InChI=1S/C27H20F3NO5/c28-27(29,30)23-7-6-15(35-23)13-31-19-5-2-1-4-17(19)26(24(31)33)14-34-22-11-21-16(10-18(22)26)20(32)12-25(36-21)8-3-9-25/h1-2,4-7,10-11H,3,8-9,12-14H2. The Hall–Kier alpha value is -3.75. The molecule has 2 aromatic carbocycles. The number of rotatable bonds is 2. The van der Waals surface area contributed by atoms with Gasteiger partial charge in [0.25, 0.3) is 0 Å². The molecule has 1 amide bonds. The maximum Gasteiger partial charge on any atom is 0.449 e. The van der Waals surface area contributed by atoms with Gasteiger partial charge in [-0.3, -0.25) is 9.59 Å². The lowest BCUT2D eigenvalue weighted by Gasteiger charge is -2.44. The SMILES string of the molecule is O=C1CC2(CCC2)Oc2cc3c(cc21)C1(CO3)C(=O)N(Cc2ccc(C(F)(F)F)o2)c2ccccc21. The second-order valence-electron chi connectivity index (χ2n) is 9.95. The molecule has 6 nitrogen and oxygen atoms in total. The normalized spacial score (nSPS) is 23.2. The van der Waals surface area contributed by atoms with Gasteiger partial charge < -0.3 is 18.8 Å². The Kier molecular flexibility index (Phi) is 4.14. The van der Waals surface area contributed by atoms with E-state index in [0.717, 1.165) is 25.3 Å². The number of fused-ring (bicyclic) bond motifs is 5. The number of amides is 1. The van der Waals surface area contributed by atoms with E-state index in [4.69, 9.17) is 13.9 Å². The molecule has 1 atom stereocenters. The van der Waals surface area contributed by atoms with Crippen LogP contribution in [-0.2, 0) is 22.9 Å². The minimum Gasteiger partial charge on any atom is -0.491 e. The number of para-hydroxylation sites is 1. The van der Waals surface area contributed by atoms with Crippen LogP contribution in [0.4, 0.5) is 18.9 Å². The summed E-state index contributed by atoms with van der Waals surface area (Å²) in [6.45, 7) is -0.151. The molecule has 36 heavy (non-hydrogen) atoms. The number of alkyl halides is 3. The number of ketones is 1. The molecular formula is C27H20F3NO5. The Morgan fingerprint density at radius 2 is 1.78 bits per heavy atom. The zero-order valence-electron chi connectivity index (χ0n) is 19.0. The van der Waals surface area contributed by atoms with E-state index in [1.54, 1.807) is 30.3 Å². The highest BCUT2D eigenvalue weighted by Gasteiger charge is 2.58. The van der Waals surface area contributed by atoms with Crippen molar-refractivity contribution in [3.63, 3.8) is 0 Å². The van der Waals surface area contributed by atoms with E-state index in [1.807, 2.05) is 6.07 Å². The summed E-state index contributed by atoms with van der Waals surface area (Å²) in [5.74, 6) is -0.510. The Labute approximate surface area is 203 Å². The van der Waals surface area contributed by atoms with Crippen molar-refractivity contribution < 1.29 is 36.7 Å². The van der Waals surface area contributed by atoms with Gasteiger partial charge in [-0.05, 0) is 49.1 Å². The van der Waals surface area contributed by atoms with Gasteiger partial charge >= 0.3 is 6.18 Å². The Balaban J connectivity index is 1.31. The summed E-state index contributed by atoms with van der Waals surface area (Å²) in [4.78, 5) is 28.5. The Morgan fingerprint density at radius 1 is 0.972 bits per heavy atom. The molecule has 0 N–H and O–H groups in total. The van der Waals surface area contributed by atoms with Gasteiger partial charge in [0.1, 0.15) is 34.9 Å². The second-order valence-corrected chi connectivity index (χ2v) is 9.95. The predicted molar refractivity (Wildman–Crippen MR) is 120 cm³/mol. The Morgan fingerprint density at radius 3 is 2.50 bits per heavy atom. The van der Waals surface area contributed by atoms with Crippen LogP contribution in [0.1, 0.15) is 58.7 Å². The van der Waals surface area contributed by atoms with Gasteiger partial charge in [0.15, 0.2) is 5.78 Å². The number of anilines is 1.